The highest BCUT2D eigenvalue weighted by Crippen LogP contribution is 2.28. The quantitative estimate of drug-likeness (QED) is 0.799. The average Bonchev–Trinajstić information content (AvgIpc) is 3.06. The molecule has 120 valence electrons. The first kappa shape index (κ1) is 14.9. The number of aromatic amines is 1. The summed E-state index contributed by atoms with van der Waals surface area (Å²) in [5, 5.41) is 9.01. The number of benzene rings is 2. The summed E-state index contributed by atoms with van der Waals surface area (Å²) in [5.74, 6) is 1.64. The molecule has 0 radical (unpaired) electrons. The summed E-state index contributed by atoms with van der Waals surface area (Å²) < 4.78 is 0. The number of H-pyrrole nitrogens is 1. The molecular formula is C20H20N4. The highest BCUT2D eigenvalue weighted by atomic mass is 15.1. The summed E-state index contributed by atoms with van der Waals surface area (Å²) in [6.45, 7) is 3.05. The Labute approximate surface area is 141 Å². The van der Waals surface area contributed by atoms with E-state index in [1.165, 1.54) is 5.56 Å². The summed E-state index contributed by atoms with van der Waals surface area (Å²) in [4.78, 5) is 10.7. The standard InChI is InChI=1S/C20H20N4/c21-13-15-4-3-5-16(12-15)14-24-10-8-17(9-11-24)20-22-18-6-1-2-7-19(18)23-20/h1-7,12,17H,8-11,14H2,(H,22,23). The van der Waals surface area contributed by atoms with Crippen LogP contribution in [0.25, 0.3) is 11.0 Å². The minimum atomic E-state index is 0.513. The molecule has 0 unspecified atom stereocenters. The summed E-state index contributed by atoms with van der Waals surface area (Å²) in [6, 6.07) is 18.4. The molecule has 1 aliphatic heterocycles. The number of fused-ring (bicyclic) bond motifs is 1. The van der Waals surface area contributed by atoms with Gasteiger partial charge in [0.2, 0.25) is 0 Å². The molecule has 4 heteroatoms. The molecule has 1 aromatic heterocycles. The van der Waals surface area contributed by atoms with Gasteiger partial charge in [0, 0.05) is 12.5 Å². The van der Waals surface area contributed by atoms with E-state index in [4.69, 9.17) is 10.2 Å². The molecule has 0 aliphatic carbocycles. The fourth-order valence-corrected chi connectivity index (χ4v) is 3.53. The Kier molecular flexibility index (Phi) is 4.02. The van der Waals surface area contributed by atoms with Gasteiger partial charge >= 0.3 is 0 Å². The Morgan fingerprint density at radius 3 is 2.75 bits per heavy atom. The SMILES string of the molecule is N#Cc1cccc(CN2CCC(c3nc4ccccc4[nH]3)CC2)c1. The number of para-hydroxylation sites is 2. The molecule has 4 nitrogen and oxygen atoms in total. The van der Waals surface area contributed by atoms with Crippen LogP contribution >= 0.6 is 0 Å². The topological polar surface area (TPSA) is 55.7 Å². The summed E-state index contributed by atoms with van der Waals surface area (Å²) in [5.41, 5.74) is 4.15. The van der Waals surface area contributed by atoms with Crippen molar-refractivity contribution in [3.8, 4) is 6.07 Å². The zero-order valence-electron chi connectivity index (χ0n) is 13.6. The van der Waals surface area contributed by atoms with Crippen LogP contribution in [-0.2, 0) is 6.54 Å². The third-order valence-electron chi connectivity index (χ3n) is 4.84. The molecule has 0 bridgehead atoms. The van der Waals surface area contributed by atoms with Crippen molar-refractivity contribution in [3.05, 3.63) is 65.5 Å². The lowest BCUT2D eigenvalue weighted by Crippen LogP contribution is -2.32. The van der Waals surface area contributed by atoms with Gasteiger partial charge in [0.25, 0.3) is 0 Å². The van der Waals surface area contributed by atoms with Crippen molar-refractivity contribution < 1.29 is 0 Å². The fourth-order valence-electron chi connectivity index (χ4n) is 3.53. The maximum absolute atomic E-state index is 9.01. The van der Waals surface area contributed by atoms with Gasteiger partial charge in [-0.15, -0.1) is 0 Å². The largest absolute Gasteiger partial charge is 0.342 e. The predicted molar refractivity (Wildman–Crippen MR) is 94.5 cm³/mol. The number of likely N-dealkylation sites (tertiary alicyclic amines) is 1. The highest BCUT2D eigenvalue weighted by Gasteiger charge is 2.23. The van der Waals surface area contributed by atoms with Crippen molar-refractivity contribution in [2.45, 2.75) is 25.3 Å². The minimum Gasteiger partial charge on any atom is -0.342 e. The Balaban J connectivity index is 1.40. The molecule has 0 saturated carbocycles. The molecule has 3 aromatic rings. The molecule has 24 heavy (non-hydrogen) atoms. The third kappa shape index (κ3) is 3.04. The molecular weight excluding hydrogens is 296 g/mol. The van der Waals surface area contributed by atoms with Crippen LogP contribution in [0.2, 0.25) is 0 Å². The lowest BCUT2D eigenvalue weighted by molar-refractivity contribution is 0.202. The third-order valence-corrected chi connectivity index (χ3v) is 4.84. The first-order valence-corrected chi connectivity index (χ1v) is 8.48. The number of nitrogens with zero attached hydrogens (tertiary/aromatic N) is 3. The van der Waals surface area contributed by atoms with Crippen LogP contribution in [0, 0.1) is 11.3 Å². The van der Waals surface area contributed by atoms with E-state index in [-0.39, 0.29) is 0 Å². The van der Waals surface area contributed by atoms with Crippen LogP contribution in [0.4, 0.5) is 0 Å². The highest BCUT2D eigenvalue weighted by molar-refractivity contribution is 5.74. The van der Waals surface area contributed by atoms with Crippen LogP contribution in [0.3, 0.4) is 0 Å². The van der Waals surface area contributed by atoms with Crippen LogP contribution in [0.15, 0.2) is 48.5 Å². The van der Waals surface area contributed by atoms with Gasteiger partial charge in [-0.05, 0) is 55.8 Å². The van der Waals surface area contributed by atoms with E-state index in [0.717, 1.165) is 54.9 Å². The Bertz CT molecular complexity index is 849. The van der Waals surface area contributed by atoms with E-state index in [1.54, 1.807) is 0 Å². The van der Waals surface area contributed by atoms with Gasteiger partial charge in [-0.1, -0.05) is 24.3 Å². The van der Waals surface area contributed by atoms with Crippen molar-refractivity contribution in [1.82, 2.24) is 14.9 Å². The normalized spacial score (nSPS) is 16.3. The number of imidazole rings is 1. The van der Waals surface area contributed by atoms with Crippen molar-refractivity contribution in [2.24, 2.45) is 0 Å². The van der Waals surface area contributed by atoms with Gasteiger partial charge in [0.1, 0.15) is 5.82 Å². The second-order valence-corrected chi connectivity index (χ2v) is 6.50. The first-order valence-electron chi connectivity index (χ1n) is 8.48. The van der Waals surface area contributed by atoms with Gasteiger partial charge < -0.3 is 4.98 Å². The van der Waals surface area contributed by atoms with Crippen molar-refractivity contribution in [3.63, 3.8) is 0 Å². The summed E-state index contributed by atoms with van der Waals surface area (Å²) in [6.07, 6.45) is 2.25. The van der Waals surface area contributed by atoms with Crippen molar-refractivity contribution in [2.75, 3.05) is 13.1 Å². The Morgan fingerprint density at radius 2 is 1.96 bits per heavy atom. The van der Waals surface area contributed by atoms with Gasteiger partial charge in [0.15, 0.2) is 0 Å². The molecule has 1 aliphatic rings. The zero-order valence-corrected chi connectivity index (χ0v) is 13.6. The minimum absolute atomic E-state index is 0.513. The maximum Gasteiger partial charge on any atom is 0.110 e. The number of nitrogens with one attached hydrogen (secondary N) is 1. The van der Waals surface area contributed by atoms with E-state index in [0.29, 0.717) is 5.92 Å². The molecule has 0 amide bonds. The van der Waals surface area contributed by atoms with Crippen LogP contribution in [-0.4, -0.2) is 28.0 Å². The maximum atomic E-state index is 9.01. The molecule has 1 N–H and O–H groups in total. The van der Waals surface area contributed by atoms with E-state index < -0.39 is 0 Å². The lowest BCUT2D eigenvalue weighted by Gasteiger charge is -2.31. The molecule has 2 aromatic carbocycles. The first-order chi connectivity index (χ1) is 11.8. The van der Waals surface area contributed by atoms with E-state index in [2.05, 4.69) is 34.2 Å². The van der Waals surface area contributed by atoms with E-state index in [9.17, 15) is 0 Å². The number of nitriles is 1. The predicted octanol–water partition coefficient (Wildman–Crippen LogP) is 3.81. The van der Waals surface area contributed by atoms with Gasteiger partial charge in [0.05, 0.1) is 22.7 Å². The number of piperidine rings is 1. The zero-order chi connectivity index (χ0) is 16.4. The summed E-state index contributed by atoms with van der Waals surface area (Å²) in [7, 11) is 0. The van der Waals surface area contributed by atoms with Crippen LogP contribution < -0.4 is 0 Å². The molecule has 0 atom stereocenters. The van der Waals surface area contributed by atoms with Crippen LogP contribution in [0.5, 0.6) is 0 Å². The smallest absolute Gasteiger partial charge is 0.110 e. The number of hydrogen-bond donors (Lipinski definition) is 1. The van der Waals surface area contributed by atoms with Gasteiger partial charge in [-0.25, -0.2) is 4.98 Å². The van der Waals surface area contributed by atoms with Gasteiger partial charge in [-0.3, -0.25) is 4.90 Å². The molecule has 4 rings (SSSR count). The fraction of sp³-hybridized carbons (Fsp3) is 0.300. The second-order valence-electron chi connectivity index (χ2n) is 6.50. The molecule has 1 saturated heterocycles. The Hall–Kier alpha value is -2.64. The van der Waals surface area contributed by atoms with Crippen LogP contribution in [0.1, 0.15) is 35.7 Å². The number of rotatable bonds is 3. The van der Waals surface area contributed by atoms with Gasteiger partial charge in [-0.2, -0.15) is 5.26 Å². The van der Waals surface area contributed by atoms with E-state index >= 15 is 0 Å². The van der Waals surface area contributed by atoms with E-state index in [1.807, 2.05) is 30.3 Å². The summed E-state index contributed by atoms with van der Waals surface area (Å²) >= 11 is 0. The number of hydrogen-bond acceptors (Lipinski definition) is 3. The van der Waals surface area contributed by atoms with Crippen molar-refractivity contribution in [1.29, 1.82) is 5.26 Å². The molecule has 2 heterocycles. The second kappa shape index (κ2) is 6.46. The average molecular weight is 316 g/mol. The monoisotopic (exact) mass is 316 g/mol. The molecule has 1 fully saturated rings. The lowest BCUT2D eigenvalue weighted by atomic mass is 9.95. The Morgan fingerprint density at radius 1 is 1.12 bits per heavy atom. The van der Waals surface area contributed by atoms with Crippen molar-refractivity contribution >= 4 is 11.0 Å². The molecule has 0 spiro atoms. The number of aromatic nitrogens is 2.